The maximum absolute atomic E-state index is 5.90. The molecular weight excluding hydrogens is 172 g/mol. The van der Waals surface area contributed by atoms with Gasteiger partial charge in [-0.2, -0.15) is 0 Å². The molecule has 0 saturated heterocycles. The molecule has 14 heavy (non-hydrogen) atoms. The van der Waals surface area contributed by atoms with E-state index in [1.165, 1.54) is 11.3 Å². The smallest absolute Gasteiger partial charge is 0.0414 e. The predicted molar refractivity (Wildman–Crippen MR) is 62.5 cm³/mol. The Kier molecular flexibility index (Phi) is 3.72. The van der Waals surface area contributed by atoms with E-state index in [1.54, 1.807) is 0 Å². The minimum absolute atomic E-state index is 0.0680. The lowest BCUT2D eigenvalue weighted by Crippen LogP contribution is -2.20. The number of anilines is 1. The fourth-order valence-corrected chi connectivity index (χ4v) is 1.51. The first-order valence-electron chi connectivity index (χ1n) is 4.83. The van der Waals surface area contributed by atoms with E-state index in [0.717, 1.165) is 6.54 Å². The topological polar surface area (TPSA) is 29.3 Å². The average molecular weight is 190 g/mol. The van der Waals surface area contributed by atoms with Gasteiger partial charge >= 0.3 is 0 Å². The molecule has 1 aromatic rings. The molecule has 2 N–H and O–H groups in total. The first kappa shape index (κ1) is 10.8. The van der Waals surface area contributed by atoms with E-state index < -0.39 is 0 Å². The fourth-order valence-electron chi connectivity index (χ4n) is 1.51. The molecule has 0 aliphatic heterocycles. The summed E-state index contributed by atoms with van der Waals surface area (Å²) in [4.78, 5) is 2.14. The van der Waals surface area contributed by atoms with Crippen molar-refractivity contribution >= 4 is 5.69 Å². The lowest BCUT2D eigenvalue weighted by molar-refractivity contribution is 0.809. The van der Waals surface area contributed by atoms with Crippen LogP contribution in [0.4, 0.5) is 5.69 Å². The van der Waals surface area contributed by atoms with Crippen LogP contribution in [-0.4, -0.2) is 13.6 Å². The summed E-state index contributed by atoms with van der Waals surface area (Å²) in [5.74, 6) is 0. The second-order valence-corrected chi connectivity index (χ2v) is 3.52. The molecule has 0 bridgehead atoms. The minimum Gasteiger partial charge on any atom is -0.371 e. The van der Waals surface area contributed by atoms with Crippen molar-refractivity contribution in [3.8, 4) is 0 Å². The van der Waals surface area contributed by atoms with Crippen molar-refractivity contribution in [1.82, 2.24) is 0 Å². The summed E-state index contributed by atoms with van der Waals surface area (Å²) in [5.41, 5.74) is 8.26. The van der Waals surface area contributed by atoms with Gasteiger partial charge in [0.05, 0.1) is 0 Å². The molecule has 2 heteroatoms. The third-order valence-electron chi connectivity index (χ3n) is 2.24. The quantitative estimate of drug-likeness (QED) is 0.738. The predicted octanol–water partition coefficient (Wildman–Crippen LogP) is 2.33. The summed E-state index contributed by atoms with van der Waals surface area (Å²) in [5, 5.41) is 0. The summed E-state index contributed by atoms with van der Waals surface area (Å²) in [7, 11) is 2.04. The zero-order valence-electron chi connectivity index (χ0n) is 8.90. The first-order chi connectivity index (χ1) is 6.66. The van der Waals surface area contributed by atoms with E-state index in [2.05, 4.69) is 23.6 Å². The highest BCUT2D eigenvalue weighted by Crippen LogP contribution is 2.23. The standard InChI is InChI=1S/C12H18N2/c1-4-9-14(3)12-8-6-5-7-11(12)10(2)13/h4-8,10H,1,9,13H2,2-3H3/t10-/m0/s1. The van der Waals surface area contributed by atoms with Crippen LogP contribution in [0.25, 0.3) is 0 Å². The van der Waals surface area contributed by atoms with Crippen LogP contribution in [-0.2, 0) is 0 Å². The Balaban J connectivity index is 2.99. The van der Waals surface area contributed by atoms with Crippen LogP contribution in [0.1, 0.15) is 18.5 Å². The molecule has 0 spiro atoms. The average Bonchev–Trinajstić information content (AvgIpc) is 2.18. The van der Waals surface area contributed by atoms with Gasteiger partial charge in [-0.25, -0.2) is 0 Å². The maximum atomic E-state index is 5.90. The van der Waals surface area contributed by atoms with Gasteiger partial charge in [-0.05, 0) is 18.6 Å². The van der Waals surface area contributed by atoms with E-state index in [1.807, 2.05) is 32.2 Å². The van der Waals surface area contributed by atoms with Gasteiger partial charge in [-0.3, -0.25) is 0 Å². The molecule has 76 valence electrons. The summed E-state index contributed by atoms with van der Waals surface area (Å²) < 4.78 is 0. The van der Waals surface area contributed by atoms with E-state index in [0.29, 0.717) is 0 Å². The number of likely N-dealkylation sites (N-methyl/N-ethyl adjacent to an activating group) is 1. The van der Waals surface area contributed by atoms with Gasteiger partial charge in [0.1, 0.15) is 0 Å². The van der Waals surface area contributed by atoms with Gasteiger partial charge in [0.15, 0.2) is 0 Å². The molecule has 2 nitrogen and oxygen atoms in total. The summed E-state index contributed by atoms with van der Waals surface area (Å²) in [6.45, 7) is 6.57. The molecule has 0 unspecified atom stereocenters. The third-order valence-corrected chi connectivity index (χ3v) is 2.24. The normalized spacial score (nSPS) is 12.2. The molecule has 0 amide bonds. The van der Waals surface area contributed by atoms with Crippen LogP contribution in [0.2, 0.25) is 0 Å². The Morgan fingerprint density at radius 1 is 1.50 bits per heavy atom. The van der Waals surface area contributed by atoms with Crippen molar-refractivity contribution in [2.75, 3.05) is 18.5 Å². The number of nitrogens with zero attached hydrogens (tertiary/aromatic N) is 1. The number of benzene rings is 1. The van der Waals surface area contributed by atoms with Crippen molar-refractivity contribution in [3.63, 3.8) is 0 Å². The molecule has 0 aliphatic carbocycles. The van der Waals surface area contributed by atoms with Crippen LogP contribution >= 0.6 is 0 Å². The minimum atomic E-state index is 0.0680. The zero-order valence-corrected chi connectivity index (χ0v) is 8.90. The van der Waals surface area contributed by atoms with Gasteiger partial charge in [0.25, 0.3) is 0 Å². The number of rotatable bonds is 4. The van der Waals surface area contributed by atoms with Crippen molar-refractivity contribution in [3.05, 3.63) is 42.5 Å². The van der Waals surface area contributed by atoms with E-state index in [9.17, 15) is 0 Å². The molecule has 1 aromatic carbocycles. The largest absolute Gasteiger partial charge is 0.371 e. The van der Waals surface area contributed by atoms with Crippen molar-refractivity contribution < 1.29 is 0 Å². The number of nitrogens with two attached hydrogens (primary N) is 1. The van der Waals surface area contributed by atoms with Crippen molar-refractivity contribution in [1.29, 1.82) is 0 Å². The molecule has 0 heterocycles. The van der Waals surface area contributed by atoms with Crippen LogP contribution in [0.15, 0.2) is 36.9 Å². The Morgan fingerprint density at radius 3 is 2.71 bits per heavy atom. The Bertz CT molecular complexity index is 305. The van der Waals surface area contributed by atoms with E-state index in [-0.39, 0.29) is 6.04 Å². The van der Waals surface area contributed by atoms with Crippen LogP contribution in [0.5, 0.6) is 0 Å². The highest BCUT2D eigenvalue weighted by Gasteiger charge is 2.08. The summed E-state index contributed by atoms with van der Waals surface area (Å²) >= 11 is 0. The van der Waals surface area contributed by atoms with Gasteiger partial charge in [-0.15, -0.1) is 6.58 Å². The molecule has 0 aromatic heterocycles. The lowest BCUT2D eigenvalue weighted by atomic mass is 10.1. The molecule has 1 rings (SSSR count). The highest BCUT2D eigenvalue weighted by molar-refractivity contribution is 5.54. The van der Waals surface area contributed by atoms with Crippen LogP contribution < -0.4 is 10.6 Å². The molecule has 0 saturated carbocycles. The molecule has 1 atom stereocenters. The fraction of sp³-hybridized carbons (Fsp3) is 0.333. The SMILES string of the molecule is C=CCN(C)c1ccccc1[C@H](C)N. The molecule has 0 radical (unpaired) electrons. The molecule has 0 aliphatic rings. The monoisotopic (exact) mass is 190 g/mol. The zero-order chi connectivity index (χ0) is 10.6. The number of para-hydroxylation sites is 1. The van der Waals surface area contributed by atoms with Crippen molar-refractivity contribution in [2.24, 2.45) is 5.73 Å². The molecular formula is C12H18N2. The maximum Gasteiger partial charge on any atom is 0.0414 e. The van der Waals surface area contributed by atoms with Gasteiger partial charge < -0.3 is 10.6 Å². The van der Waals surface area contributed by atoms with Gasteiger partial charge in [0.2, 0.25) is 0 Å². The van der Waals surface area contributed by atoms with Gasteiger partial charge in [0, 0.05) is 25.3 Å². The van der Waals surface area contributed by atoms with E-state index in [4.69, 9.17) is 5.73 Å². The Hall–Kier alpha value is -1.28. The number of hydrogen-bond donors (Lipinski definition) is 1. The first-order valence-corrected chi connectivity index (χ1v) is 4.83. The Labute approximate surface area is 86.0 Å². The van der Waals surface area contributed by atoms with Crippen molar-refractivity contribution in [2.45, 2.75) is 13.0 Å². The van der Waals surface area contributed by atoms with Crippen LogP contribution in [0, 0.1) is 0 Å². The van der Waals surface area contributed by atoms with Gasteiger partial charge in [-0.1, -0.05) is 24.3 Å². The molecule has 0 fully saturated rings. The second-order valence-electron chi connectivity index (χ2n) is 3.52. The van der Waals surface area contributed by atoms with Crippen LogP contribution in [0.3, 0.4) is 0 Å². The summed E-state index contributed by atoms with van der Waals surface area (Å²) in [6.07, 6.45) is 1.89. The van der Waals surface area contributed by atoms with E-state index >= 15 is 0 Å². The summed E-state index contributed by atoms with van der Waals surface area (Å²) in [6, 6.07) is 8.27. The highest BCUT2D eigenvalue weighted by atomic mass is 15.1. The lowest BCUT2D eigenvalue weighted by Gasteiger charge is -2.22. The second kappa shape index (κ2) is 4.82. The third kappa shape index (κ3) is 2.36. The Morgan fingerprint density at radius 2 is 2.14 bits per heavy atom. The number of hydrogen-bond acceptors (Lipinski definition) is 2.